The van der Waals surface area contributed by atoms with E-state index in [2.05, 4.69) is 15.5 Å². The van der Waals surface area contributed by atoms with E-state index < -0.39 is 16.9 Å². The number of benzene rings is 2. The molecule has 10 nitrogen and oxygen atoms in total. The highest BCUT2D eigenvalue weighted by atomic mass is 16.6. The van der Waals surface area contributed by atoms with Crippen LogP contribution in [0.3, 0.4) is 0 Å². The summed E-state index contributed by atoms with van der Waals surface area (Å²) in [7, 11) is 3.08. The molecule has 1 aromatic heterocycles. The van der Waals surface area contributed by atoms with Crippen molar-refractivity contribution < 1.29 is 23.7 Å². The molecule has 2 aromatic carbocycles. The Kier molecular flexibility index (Phi) is 7.04. The second-order valence-electron chi connectivity index (χ2n) is 7.17. The molecule has 3 rings (SSSR count). The second-order valence-corrected chi connectivity index (χ2v) is 7.17. The van der Waals surface area contributed by atoms with E-state index in [0.717, 1.165) is 6.42 Å². The molecule has 0 saturated carbocycles. The van der Waals surface area contributed by atoms with Gasteiger partial charge in [0.05, 0.1) is 19.1 Å². The molecule has 0 bridgehead atoms. The quantitative estimate of drug-likeness (QED) is 0.387. The molecular formula is C22H24N4O6. The van der Waals surface area contributed by atoms with Crippen LogP contribution in [-0.4, -0.2) is 35.2 Å². The topological polar surface area (TPSA) is 130 Å². The zero-order chi connectivity index (χ0) is 23.3. The van der Waals surface area contributed by atoms with Crippen molar-refractivity contribution in [3.63, 3.8) is 0 Å². The summed E-state index contributed by atoms with van der Waals surface area (Å²) in [5.74, 6) is 1.17. The van der Waals surface area contributed by atoms with Gasteiger partial charge in [0.15, 0.2) is 11.5 Å². The Morgan fingerprint density at radius 3 is 2.59 bits per heavy atom. The van der Waals surface area contributed by atoms with Gasteiger partial charge >= 0.3 is 0 Å². The van der Waals surface area contributed by atoms with Gasteiger partial charge in [-0.25, -0.2) is 0 Å². The van der Waals surface area contributed by atoms with E-state index in [-0.39, 0.29) is 23.1 Å². The van der Waals surface area contributed by atoms with E-state index in [1.165, 1.54) is 31.4 Å². The number of amides is 1. The molecule has 2 atom stereocenters. The van der Waals surface area contributed by atoms with Gasteiger partial charge in [0.25, 0.3) is 11.6 Å². The maximum absolute atomic E-state index is 12.8. The van der Waals surface area contributed by atoms with Gasteiger partial charge in [-0.2, -0.15) is 4.98 Å². The standard InChI is InChI=1S/C22H24N4O6/c1-5-13(2)19(23-21(27)15-7-6-8-16(11-15)26(28)29)22-24-20(25-32-22)14-9-10-17(30-3)18(12-14)31-4/h6-13,19H,5H2,1-4H3,(H,23,27)/t13-,19-/m0/s1. The van der Waals surface area contributed by atoms with Gasteiger partial charge in [0.1, 0.15) is 6.04 Å². The molecule has 0 radical (unpaired) electrons. The maximum Gasteiger partial charge on any atom is 0.270 e. The number of carbonyl (C=O) groups excluding carboxylic acids is 1. The lowest BCUT2D eigenvalue weighted by Crippen LogP contribution is -2.32. The number of ether oxygens (including phenoxy) is 2. The number of non-ortho nitro benzene ring substituents is 1. The fraction of sp³-hybridized carbons (Fsp3) is 0.318. The molecule has 1 amide bonds. The highest BCUT2D eigenvalue weighted by Gasteiger charge is 2.27. The Morgan fingerprint density at radius 2 is 1.94 bits per heavy atom. The van der Waals surface area contributed by atoms with Crippen molar-refractivity contribution in [2.75, 3.05) is 14.2 Å². The molecule has 1 N–H and O–H groups in total. The molecule has 0 aliphatic carbocycles. The summed E-state index contributed by atoms with van der Waals surface area (Å²) in [5, 5.41) is 17.9. The summed E-state index contributed by atoms with van der Waals surface area (Å²) < 4.78 is 16.0. The summed E-state index contributed by atoms with van der Waals surface area (Å²) in [5.41, 5.74) is 0.670. The highest BCUT2D eigenvalue weighted by Crippen LogP contribution is 2.32. The molecule has 0 aliphatic rings. The lowest BCUT2D eigenvalue weighted by molar-refractivity contribution is -0.384. The number of nitrogens with one attached hydrogen (secondary N) is 1. The number of aromatic nitrogens is 2. The van der Waals surface area contributed by atoms with Gasteiger partial charge in [0, 0.05) is 23.3 Å². The molecular weight excluding hydrogens is 416 g/mol. The summed E-state index contributed by atoms with van der Waals surface area (Å²) >= 11 is 0. The number of hydrogen-bond acceptors (Lipinski definition) is 8. The first-order valence-electron chi connectivity index (χ1n) is 9.99. The van der Waals surface area contributed by atoms with Crippen LogP contribution in [0.4, 0.5) is 5.69 Å². The van der Waals surface area contributed by atoms with Crippen molar-refractivity contribution >= 4 is 11.6 Å². The van der Waals surface area contributed by atoms with Crippen LogP contribution in [0.2, 0.25) is 0 Å². The van der Waals surface area contributed by atoms with Crippen LogP contribution < -0.4 is 14.8 Å². The van der Waals surface area contributed by atoms with Crippen LogP contribution in [-0.2, 0) is 0 Å². The van der Waals surface area contributed by atoms with Gasteiger partial charge in [-0.05, 0) is 30.2 Å². The molecule has 10 heteroatoms. The van der Waals surface area contributed by atoms with Crippen molar-refractivity contribution in [3.8, 4) is 22.9 Å². The zero-order valence-electron chi connectivity index (χ0n) is 18.2. The number of rotatable bonds is 9. The number of carbonyl (C=O) groups is 1. The SMILES string of the molecule is CC[C@H](C)[C@H](NC(=O)c1cccc([N+](=O)[O-])c1)c1nc(-c2ccc(OC)c(OC)c2)no1. The van der Waals surface area contributed by atoms with E-state index in [1.807, 2.05) is 13.8 Å². The number of methoxy groups -OCH3 is 2. The molecule has 3 aromatic rings. The van der Waals surface area contributed by atoms with Crippen molar-refractivity contribution in [2.24, 2.45) is 5.92 Å². The summed E-state index contributed by atoms with van der Waals surface area (Å²) in [6, 6.07) is 10.2. The molecule has 168 valence electrons. The predicted octanol–water partition coefficient (Wildman–Crippen LogP) is 4.18. The normalized spacial score (nSPS) is 12.6. The summed E-state index contributed by atoms with van der Waals surface area (Å²) in [6.45, 7) is 3.92. The molecule has 32 heavy (non-hydrogen) atoms. The first kappa shape index (κ1) is 22.7. The Bertz CT molecular complexity index is 1110. The van der Waals surface area contributed by atoms with Crippen LogP contribution in [0.25, 0.3) is 11.4 Å². The third-order valence-electron chi connectivity index (χ3n) is 5.17. The summed E-state index contributed by atoms with van der Waals surface area (Å²) in [6.07, 6.45) is 0.730. The zero-order valence-corrected chi connectivity index (χ0v) is 18.2. The van der Waals surface area contributed by atoms with E-state index in [9.17, 15) is 14.9 Å². The lowest BCUT2D eigenvalue weighted by Gasteiger charge is -2.20. The van der Waals surface area contributed by atoms with Crippen molar-refractivity contribution in [3.05, 3.63) is 64.0 Å². The van der Waals surface area contributed by atoms with Gasteiger partial charge in [-0.15, -0.1) is 0 Å². The first-order valence-corrected chi connectivity index (χ1v) is 9.99. The minimum Gasteiger partial charge on any atom is -0.493 e. The Balaban J connectivity index is 1.88. The molecule has 0 saturated heterocycles. The predicted molar refractivity (Wildman–Crippen MR) is 116 cm³/mol. The van der Waals surface area contributed by atoms with E-state index in [4.69, 9.17) is 14.0 Å². The van der Waals surface area contributed by atoms with Crippen LogP contribution in [0.15, 0.2) is 47.0 Å². The van der Waals surface area contributed by atoms with E-state index in [0.29, 0.717) is 22.9 Å². The highest BCUT2D eigenvalue weighted by molar-refractivity contribution is 5.95. The number of hydrogen-bond donors (Lipinski definition) is 1. The van der Waals surface area contributed by atoms with Crippen LogP contribution in [0.1, 0.15) is 42.6 Å². The number of nitrogens with zero attached hydrogens (tertiary/aromatic N) is 3. The van der Waals surface area contributed by atoms with Crippen LogP contribution >= 0.6 is 0 Å². The third kappa shape index (κ3) is 4.85. The largest absolute Gasteiger partial charge is 0.493 e. The fourth-order valence-corrected chi connectivity index (χ4v) is 3.12. The van der Waals surface area contributed by atoms with Gasteiger partial charge in [-0.3, -0.25) is 14.9 Å². The second kappa shape index (κ2) is 9.90. The molecule has 1 heterocycles. The Labute approximate surface area is 184 Å². The average molecular weight is 440 g/mol. The molecule has 0 fully saturated rings. The molecule has 0 aliphatic heterocycles. The van der Waals surface area contributed by atoms with Crippen LogP contribution in [0.5, 0.6) is 11.5 Å². The van der Waals surface area contributed by atoms with Gasteiger partial charge in [0.2, 0.25) is 11.7 Å². The third-order valence-corrected chi connectivity index (χ3v) is 5.17. The fourth-order valence-electron chi connectivity index (χ4n) is 3.12. The minimum absolute atomic E-state index is 0.0312. The van der Waals surface area contributed by atoms with Crippen molar-refractivity contribution in [1.82, 2.24) is 15.5 Å². The lowest BCUT2D eigenvalue weighted by atomic mass is 9.98. The van der Waals surface area contributed by atoms with Crippen molar-refractivity contribution in [2.45, 2.75) is 26.3 Å². The Hall–Kier alpha value is -3.95. The van der Waals surface area contributed by atoms with E-state index in [1.54, 1.807) is 25.3 Å². The van der Waals surface area contributed by atoms with Gasteiger partial charge < -0.3 is 19.3 Å². The Morgan fingerprint density at radius 1 is 1.19 bits per heavy atom. The van der Waals surface area contributed by atoms with Crippen molar-refractivity contribution in [1.29, 1.82) is 0 Å². The minimum atomic E-state index is -0.576. The smallest absolute Gasteiger partial charge is 0.270 e. The molecule has 0 spiro atoms. The summed E-state index contributed by atoms with van der Waals surface area (Å²) in [4.78, 5) is 27.8. The van der Waals surface area contributed by atoms with Crippen LogP contribution in [0, 0.1) is 16.0 Å². The van der Waals surface area contributed by atoms with E-state index >= 15 is 0 Å². The number of nitro groups is 1. The maximum atomic E-state index is 12.8. The monoisotopic (exact) mass is 440 g/mol. The number of nitro benzene ring substituents is 1. The molecule has 0 unspecified atom stereocenters. The first-order chi connectivity index (χ1) is 15.4. The average Bonchev–Trinajstić information content (AvgIpc) is 3.31. The van der Waals surface area contributed by atoms with Gasteiger partial charge in [-0.1, -0.05) is 31.5 Å².